The van der Waals surface area contributed by atoms with E-state index in [1.807, 2.05) is 26.0 Å². The standard InChI is InChI=1S/C23H25Cl2N3O3S/c1-14(2)31-12-6-11-28-22(30)17-7-4-5-8-19(17)27-23(28)32-15(3)21(29)26-20-13-16(24)9-10-18(20)25/h4-5,7-10,13-15H,6,11-12H2,1-3H3,(H,26,29)/t15-/m1/s1. The summed E-state index contributed by atoms with van der Waals surface area (Å²) in [6, 6.07) is 12.1. The third-order valence-corrected chi connectivity index (χ3v) is 6.30. The van der Waals surface area contributed by atoms with Gasteiger partial charge in [-0.15, -0.1) is 0 Å². The Bertz CT molecular complexity index is 1170. The Hall–Kier alpha value is -2.06. The number of fused-ring (bicyclic) bond motifs is 1. The molecular formula is C23H25Cl2N3O3S. The molecule has 0 spiro atoms. The summed E-state index contributed by atoms with van der Waals surface area (Å²) in [5, 5.41) is 4.16. The van der Waals surface area contributed by atoms with Gasteiger partial charge >= 0.3 is 0 Å². The minimum absolute atomic E-state index is 0.123. The van der Waals surface area contributed by atoms with Gasteiger partial charge in [0.2, 0.25) is 5.91 Å². The first-order chi connectivity index (χ1) is 15.3. The Morgan fingerprint density at radius 2 is 1.94 bits per heavy atom. The molecular weight excluding hydrogens is 469 g/mol. The molecule has 9 heteroatoms. The smallest absolute Gasteiger partial charge is 0.262 e. The number of halogens is 2. The summed E-state index contributed by atoms with van der Waals surface area (Å²) in [4.78, 5) is 30.6. The maximum atomic E-state index is 13.1. The van der Waals surface area contributed by atoms with Crippen LogP contribution in [0.25, 0.3) is 10.9 Å². The predicted molar refractivity (Wildman–Crippen MR) is 132 cm³/mol. The number of carbonyl (C=O) groups is 1. The van der Waals surface area contributed by atoms with Crippen LogP contribution in [0, 0.1) is 0 Å². The van der Waals surface area contributed by atoms with Gasteiger partial charge in [-0.3, -0.25) is 14.2 Å². The fourth-order valence-electron chi connectivity index (χ4n) is 3.02. The molecule has 3 aromatic rings. The molecule has 0 radical (unpaired) electrons. The topological polar surface area (TPSA) is 73.2 Å². The van der Waals surface area contributed by atoms with E-state index in [0.717, 1.165) is 0 Å². The van der Waals surface area contributed by atoms with Crippen LogP contribution in [0.1, 0.15) is 27.2 Å². The van der Waals surface area contributed by atoms with Crippen LogP contribution in [-0.4, -0.2) is 33.4 Å². The summed E-state index contributed by atoms with van der Waals surface area (Å²) in [5.74, 6) is -0.267. The number of hydrogen-bond acceptors (Lipinski definition) is 5. The van der Waals surface area contributed by atoms with Crippen molar-refractivity contribution in [3.63, 3.8) is 0 Å². The summed E-state index contributed by atoms with van der Waals surface area (Å²) >= 11 is 13.4. The summed E-state index contributed by atoms with van der Waals surface area (Å²) < 4.78 is 7.23. The molecule has 1 aromatic heterocycles. The number of thioether (sulfide) groups is 1. The molecule has 0 fully saturated rings. The Kier molecular flexibility index (Phi) is 8.59. The predicted octanol–water partition coefficient (Wildman–Crippen LogP) is 5.64. The fraction of sp³-hybridized carbons (Fsp3) is 0.348. The van der Waals surface area contributed by atoms with E-state index in [9.17, 15) is 9.59 Å². The second kappa shape index (κ2) is 11.2. The van der Waals surface area contributed by atoms with E-state index in [2.05, 4.69) is 10.3 Å². The second-order valence-electron chi connectivity index (χ2n) is 7.51. The summed E-state index contributed by atoms with van der Waals surface area (Å²) in [6.45, 7) is 6.67. The first kappa shape index (κ1) is 24.6. The van der Waals surface area contributed by atoms with Crippen molar-refractivity contribution in [1.29, 1.82) is 0 Å². The monoisotopic (exact) mass is 493 g/mol. The molecule has 0 unspecified atom stereocenters. The van der Waals surface area contributed by atoms with E-state index in [0.29, 0.717) is 51.4 Å². The molecule has 1 heterocycles. The van der Waals surface area contributed by atoms with Gasteiger partial charge in [0, 0.05) is 18.2 Å². The van der Waals surface area contributed by atoms with Crippen LogP contribution in [0.15, 0.2) is 52.4 Å². The first-order valence-electron chi connectivity index (χ1n) is 10.3. The van der Waals surface area contributed by atoms with E-state index < -0.39 is 5.25 Å². The lowest BCUT2D eigenvalue weighted by Gasteiger charge is -2.17. The maximum Gasteiger partial charge on any atom is 0.262 e. The zero-order chi connectivity index (χ0) is 23.3. The van der Waals surface area contributed by atoms with Gasteiger partial charge in [-0.05, 0) is 57.5 Å². The van der Waals surface area contributed by atoms with Crippen molar-refractivity contribution in [2.24, 2.45) is 0 Å². The van der Waals surface area contributed by atoms with Crippen molar-refractivity contribution in [2.45, 2.75) is 50.2 Å². The minimum Gasteiger partial charge on any atom is -0.379 e. The van der Waals surface area contributed by atoms with Crippen LogP contribution in [0.2, 0.25) is 10.0 Å². The molecule has 1 N–H and O–H groups in total. The van der Waals surface area contributed by atoms with Crippen LogP contribution >= 0.6 is 35.0 Å². The minimum atomic E-state index is -0.531. The number of hydrogen-bond donors (Lipinski definition) is 1. The molecule has 0 aliphatic rings. The zero-order valence-corrected chi connectivity index (χ0v) is 20.4. The van der Waals surface area contributed by atoms with E-state index in [1.54, 1.807) is 41.8 Å². The van der Waals surface area contributed by atoms with Gasteiger partial charge in [0.1, 0.15) is 0 Å². The quantitative estimate of drug-likeness (QED) is 0.237. The number of anilines is 1. The molecule has 6 nitrogen and oxygen atoms in total. The highest BCUT2D eigenvalue weighted by atomic mass is 35.5. The van der Waals surface area contributed by atoms with E-state index >= 15 is 0 Å². The van der Waals surface area contributed by atoms with Crippen molar-refractivity contribution in [2.75, 3.05) is 11.9 Å². The molecule has 0 saturated carbocycles. The largest absolute Gasteiger partial charge is 0.379 e. The van der Waals surface area contributed by atoms with Gasteiger partial charge in [-0.1, -0.05) is 47.1 Å². The number of nitrogens with one attached hydrogen (secondary N) is 1. The Labute approximate surface area is 201 Å². The fourth-order valence-corrected chi connectivity index (χ4v) is 4.29. The van der Waals surface area contributed by atoms with Gasteiger partial charge in [0.05, 0.1) is 33.0 Å². The number of rotatable bonds is 9. The normalized spacial score (nSPS) is 12.3. The Morgan fingerprint density at radius 3 is 2.69 bits per heavy atom. The molecule has 0 saturated heterocycles. The molecule has 2 aromatic carbocycles. The third kappa shape index (κ3) is 6.25. The lowest BCUT2D eigenvalue weighted by Crippen LogP contribution is -2.27. The number of amides is 1. The Balaban J connectivity index is 1.83. The highest BCUT2D eigenvalue weighted by molar-refractivity contribution is 8.00. The van der Waals surface area contributed by atoms with E-state index in [-0.39, 0.29) is 17.6 Å². The Morgan fingerprint density at radius 1 is 1.19 bits per heavy atom. The maximum absolute atomic E-state index is 13.1. The van der Waals surface area contributed by atoms with E-state index in [1.165, 1.54) is 11.8 Å². The van der Waals surface area contributed by atoms with Crippen molar-refractivity contribution < 1.29 is 9.53 Å². The number of carbonyl (C=O) groups excluding carboxylic acids is 1. The molecule has 0 aliphatic heterocycles. The van der Waals surface area contributed by atoms with Gasteiger partial charge in [0.25, 0.3) is 5.56 Å². The highest BCUT2D eigenvalue weighted by Gasteiger charge is 2.20. The van der Waals surface area contributed by atoms with Crippen LogP contribution in [0.5, 0.6) is 0 Å². The van der Waals surface area contributed by atoms with Crippen LogP contribution in [0.4, 0.5) is 5.69 Å². The number of para-hydroxylation sites is 1. The van der Waals surface area contributed by atoms with Gasteiger partial charge in [0.15, 0.2) is 5.16 Å². The molecule has 0 bridgehead atoms. The highest BCUT2D eigenvalue weighted by Crippen LogP contribution is 2.28. The molecule has 1 atom stereocenters. The van der Waals surface area contributed by atoms with Crippen molar-refractivity contribution in [1.82, 2.24) is 9.55 Å². The number of benzene rings is 2. The summed E-state index contributed by atoms with van der Waals surface area (Å²) in [6.07, 6.45) is 0.780. The first-order valence-corrected chi connectivity index (χ1v) is 11.9. The zero-order valence-electron chi connectivity index (χ0n) is 18.1. The number of aromatic nitrogens is 2. The van der Waals surface area contributed by atoms with Crippen molar-refractivity contribution in [3.8, 4) is 0 Å². The molecule has 32 heavy (non-hydrogen) atoms. The summed E-state index contributed by atoms with van der Waals surface area (Å²) in [7, 11) is 0. The number of nitrogens with zero attached hydrogens (tertiary/aromatic N) is 2. The lowest BCUT2D eigenvalue weighted by atomic mass is 10.2. The average Bonchev–Trinajstić information content (AvgIpc) is 2.75. The number of ether oxygens (including phenoxy) is 1. The van der Waals surface area contributed by atoms with Gasteiger partial charge in [-0.2, -0.15) is 0 Å². The van der Waals surface area contributed by atoms with Gasteiger partial charge < -0.3 is 10.1 Å². The van der Waals surface area contributed by atoms with Crippen LogP contribution in [-0.2, 0) is 16.1 Å². The van der Waals surface area contributed by atoms with Crippen molar-refractivity contribution >= 4 is 57.5 Å². The molecule has 3 rings (SSSR count). The SMILES string of the molecule is CC(C)OCCCn1c(S[C@H](C)C(=O)Nc2cc(Cl)ccc2Cl)nc2ccccc2c1=O. The second-order valence-corrected chi connectivity index (χ2v) is 9.67. The van der Waals surface area contributed by atoms with Crippen LogP contribution < -0.4 is 10.9 Å². The molecule has 0 aliphatic carbocycles. The third-order valence-electron chi connectivity index (χ3n) is 4.64. The van der Waals surface area contributed by atoms with E-state index in [4.69, 9.17) is 27.9 Å². The average molecular weight is 494 g/mol. The molecule has 1 amide bonds. The van der Waals surface area contributed by atoms with Crippen molar-refractivity contribution in [3.05, 3.63) is 62.9 Å². The summed E-state index contributed by atoms with van der Waals surface area (Å²) in [5.41, 5.74) is 0.902. The molecule has 170 valence electrons. The lowest BCUT2D eigenvalue weighted by molar-refractivity contribution is -0.115. The van der Waals surface area contributed by atoms with Gasteiger partial charge in [-0.25, -0.2) is 4.98 Å². The van der Waals surface area contributed by atoms with Crippen LogP contribution in [0.3, 0.4) is 0 Å².